The van der Waals surface area contributed by atoms with Gasteiger partial charge in [-0.25, -0.2) is 0 Å². The molecule has 1 rings (SSSR count). The van der Waals surface area contributed by atoms with E-state index in [1.165, 1.54) is 6.42 Å². The van der Waals surface area contributed by atoms with E-state index in [1.807, 2.05) is 0 Å². The molecule has 2 heteroatoms. The van der Waals surface area contributed by atoms with Crippen molar-refractivity contribution >= 4 is 0 Å². The van der Waals surface area contributed by atoms with Crippen molar-refractivity contribution in [3.05, 3.63) is 0 Å². The molecule has 1 aliphatic heterocycles. The maximum absolute atomic E-state index is 4.72. The number of ether oxygens (including phenoxy) is 1. The first-order valence-corrected chi connectivity index (χ1v) is 1.58. The molecular weight excluding hydrogens is 99.9 g/mol. The Morgan fingerprint density at radius 1 is 1.20 bits per heavy atom. The molecule has 0 bridgehead atoms. The molecule has 1 nitrogen and oxygen atoms in total. The second kappa shape index (κ2) is 2.89. The molecule has 0 atom stereocenters. The van der Waals surface area contributed by atoms with Crippen LogP contribution in [-0.2, 0) is 26.5 Å². The van der Waals surface area contributed by atoms with Crippen LogP contribution in [-0.4, -0.2) is 13.2 Å². The van der Waals surface area contributed by atoms with Gasteiger partial charge in [0.15, 0.2) is 0 Å². The van der Waals surface area contributed by atoms with Crippen molar-refractivity contribution in [3.63, 3.8) is 0 Å². The SMILES string of the molecule is C1COC1.[Ti]. The van der Waals surface area contributed by atoms with E-state index in [0.717, 1.165) is 13.2 Å². The Bertz CT molecular complexity index is 14.9. The van der Waals surface area contributed by atoms with Gasteiger partial charge in [-0.2, -0.15) is 0 Å². The summed E-state index contributed by atoms with van der Waals surface area (Å²) in [4.78, 5) is 0. The van der Waals surface area contributed by atoms with E-state index < -0.39 is 0 Å². The zero-order valence-corrected chi connectivity index (χ0v) is 4.59. The van der Waals surface area contributed by atoms with Crippen molar-refractivity contribution in [2.24, 2.45) is 0 Å². The van der Waals surface area contributed by atoms with E-state index in [2.05, 4.69) is 0 Å². The zero-order valence-electron chi connectivity index (χ0n) is 3.03. The van der Waals surface area contributed by atoms with Crippen molar-refractivity contribution in [1.29, 1.82) is 0 Å². The first-order valence-electron chi connectivity index (χ1n) is 1.58. The first kappa shape index (κ1) is 5.67. The monoisotopic (exact) mass is 106 g/mol. The van der Waals surface area contributed by atoms with E-state index in [1.54, 1.807) is 0 Å². The van der Waals surface area contributed by atoms with Gasteiger partial charge >= 0.3 is 0 Å². The maximum atomic E-state index is 4.72. The van der Waals surface area contributed by atoms with Gasteiger partial charge in [-0.3, -0.25) is 0 Å². The average Bonchev–Trinajstić information content (AvgIpc) is 0.722. The summed E-state index contributed by atoms with van der Waals surface area (Å²) in [5, 5.41) is 0. The molecule has 0 amide bonds. The van der Waals surface area contributed by atoms with Gasteiger partial charge in [0, 0.05) is 34.9 Å². The Balaban J connectivity index is 0.000000160. The fourth-order valence-electron chi connectivity index (χ4n) is 0.144. The quantitative estimate of drug-likeness (QED) is 0.406. The van der Waals surface area contributed by atoms with Gasteiger partial charge in [0.2, 0.25) is 0 Å². The number of rotatable bonds is 0. The van der Waals surface area contributed by atoms with Crippen LogP contribution in [0.1, 0.15) is 6.42 Å². The minimum atomic E-state index is 0. The van der Waals surface area contributed by atoms with Crippen LogP contribution < -0.4 is 0 Å². The summed E-state index contributed by atoms with van der Waals surface area (Å²) >= 11 is 0. The van der Waals surface area contributed by atoms with Gasteiger partial charge in [-0.15, -0.1) is 0 Å². The van der Waals surface area contributed by atoms with Crippen LogP contribution in [0.5, 0.6) is 0 Å². The third-order valence-electron chi connectivity index (χ3n) is 0.577. The summed E-state index contributed by atoms with van der Waals surface area (Å²) in [6.45, 7) is 2.00. The predicted octanol–water partition coefficient (Wildman–Crippen LogP) is 0.404. The summed E-state index contributed by atoms with van der Waals surface area (Å²) in [5.74, 6) is 0. The summed E-state index contributed by atoms with van der Waals surface area (Å²) < 4.78 is 4.72. The van der Waals surface area contributed by atoms with E-state index in [4.69, 9.17) is 4.74 Å². The van der Waals surface area contributed by atoms with Crippen molar-refractivity contribution in [1.82, 2.24) is 0 Å². The Labute approximate surface area is 46.6 Å². The van der Waals surface area contributed by atoms with Gasteiger partial charge in [-0.05, 0) is 6.42 Å². The van der Waals surface area contributed by atoms with Crippen LogP contribution in [0.4, 0.5) is 0 Å². The molecule has 0 spiro atoms. The van der Waals surface area contributed by atoms with Crippen molar-refractivity contribution in [2.75, 3.05) is 13.2 Å². The molecule has 0 radical (unpaired) electrons. The van der Waals surface area contributed by atoms with E-state index >= 15 is 0 Å². The third kappa shape index (κ3) is 1.53. The van der Waals surface area contributed by atoms with Crippen LogP contribution in [0.15, 0.2) is 0 Å². The van der Waals surface area contributed by atoms with Crippen LogP contribution in [0.25, 0.3) is 0 Å². The largest absolute Gasteiger partial charge is 0.381 e. The molecule has 0 saturated carbocycles. The summed E-state index contributed by atoms with van der Waals surface area (Å²) in [7, 11) is 0. The standard InChI is InChI=1S/C3H6O.Ti/c1-2-4-3-1;/h1-3H2;. The van der Waals surface area contributed by atoms with Gasteiger partial charge in [0.05, 0.1) is 0 Å². The predicted molar refractivity (Wildman–Crippen MR) is 15.4 cm³/mol. The van der Waals surface area contributed by atoms with E-state index in [9.17, 15) is 0 Å². The summed E-state index contributed by atoms with van der Waals surface area (Å²) in [6, 6.07) is 0. The zero-order chi connectivity index (χ0) is 2.83. The first-order chi connectivity index (χ1) is 2.00. The van der Waals surface area contributed by atoms with Gasteiger partial charge in [0.1, 0.15) is 0 Å². The molecule has 1 heterocycles. The van der Waals surface area contributed by atoms with Crippen LogP contribution in [0.2, 0.25) is 0 Å². The normalized spacial score (nSPS) is 19.2. The Morgan fingerprint density at radius 2 is 1.40 bits per heavy atom. The summed E-state index contributed by atoms with van der Waals surface area (Å²) in [5.41, 5.74) is 0. The second-order valence-corrected chi connectivity index (χ2v) is 0.966. The summed E-state index contributed by atoms with van der Waals surface area (Å²) in [6.07, 6.45) is 1.28. The third-order valence-corrected chi connectivity index (χ3v) is 0.577. The molecule has 28 valence electrons. The van der Waals surface area contributed by atoms with Crippen molar-refractivity contribution in [3.8, 4) is 0 Å². The second-order valence-electron chi connectivity index (χ2n) is 0.966. The van der Waals surface area contributed by atoms with Crippen molar-refractivity contribution < 1.29 is 26.5 Å². The molecule has 0 aliphatic carbocycles. The van der Waals surface area contributed by atoms with Crippen LogP contribution in [0.3, 0.4) is 0 Å². The minimum absolute atomic E-state index is 0. The molecule has 0 unspecified atom stereocenters. The fourth-order valence-corrected chi connectivity index (χ4v) is 0.144. The number of hydrogen-bond acceptors (Lipinski definition) is 1. The van der Waals surface area contributed by atoms with Crippen LogP contribution >= 0.6 is 0 Å². The van der Waals surface area contributed by atoms with Gasteiger partial charge < -0.3 is 4.74 Å². The maximum Gasteiger partial charge on any atom is 0.0488 e. The smallest absolute Gasteiger partial charge is 0.0488 e. The molecule has 1 fully saturated rings. The average molecular weight is 106 g/mol. The van der Waals surface area contributed by atoms with Gasteiger partial charge in [0.25, 0.3) is 0 Å². The Kier molecular flexibility index (Phi) is 3.28. The Morgan fingerprint density at radius 3 is 1.40 bits per heavy atom. The molecule has 5 heavy (non-hydrogen) atoms. The van der Waals surface area contributed by atoms with Gasteiger partial charge in [-0.1, -0.05) is 0 Å². The molecular formula is C3H6OTi. The number of hydrogen-bond donors (Lipinski definition) is 0. The molecule has 0 aromatic heterocycles. The molecule has 0 N–H and O–H groups in total. The van der Waals surface area contributed by atoms with Crippen molar-refractivity contribution in [2.45, 2.75) is 6.42 Å². The molecule has 0 aromatic rings. The van der Waals surface area contributed by atoms with Crippen LogP contribution in [0, 0.1) is 0 Å². The molecule has 1 aliphatic rings. The minimum Gasteiger partial charge on any atom is -0.381 e. The van der Waals surface area contributed by atoms with E-state index in [-0.39, 0.29) is 21.7 Å². The fraction of sp³-hybridized carbons (Fsp3) is 1.00. The van der Waals surface area contributed by atoms with E-state index in [0.29, 0.717) is 0 Å². The Hall–Kier alpha value is 0.674. The molecule has 0 aromatic carbocycles. The molecule has 1 saturated heterocycles. The topological polar surface area (TPSA) is 9.23 Å².